The van der Waals surface area contributed by atoms with E-state index in [0.29, 0.717) is 0 Å². The molecule has 0 amide bonds. The standard InChI is InChI=1S/C12H9F2NO2/c13-7-1-3-9(11(16)5-7)12(17)10-4-2-8(14)6-15-10/h1-6,12,16-17H. The zero-order chi connectivity index (χ0) is 12.4. The van der Waals surface area contributed by atoms with Crippen LogP contribution < -0.4 is 0 Å². The molecule has 88 valence electrons. The van der Waals surface area contributed by atoms with Gasteiger partial charge in [-0.15, -0.1) is 0 Å². The first kappa shape index (κ1) is 11.5. The second-order valence-corrected chi connectivity index (χ2v) is 3.51. The Bertz CT molecular complexity index is 529. The quantitative estimate of drug-likeness (QED) is 0.841. The van der Waals surface area contributed by atoms with E-state index < -0.39 is 17.7 Å². The summed E-state index contributed by atoms with van der Waals surface area (Å²) in [4.78, 5) is 3.69. The van der Waals surface area contributed by atoms with E-state index in [-0.39, 0.29) is 17.0 Å². The number of aromatic nitrogens is 1. The molecule has 2 N–H and O–H groups in total. The minimum absolute atomic E-state index is 0.116. The third kappa shape index (κ3) is 2.39. The van der Waals surface area contributed by atoms with Crippen molar-refractivity contribution < 1.29 is 19.0 Å². The van der Waals surface area contributed by atoms with Crippen molar-refractivity contribution in [2.45, 2.75) is 6.10 Å². The van der Waals surface area contributed by atoms with Crippen LogP contribution in [-0.4, -0.2) is 15.2 Å². The van der Waals surface area contributed by atoms with E-state index in [4.69, 9.17) is 0 Å². The summed E-state index contributed by atoms with van der Waals surface area (Å²) in [6.07, 6.45) is -0.268. The Morgan fingerprint density at radius 3 is 2.35 bits per heavy atom. The van der Waals surface area contributed by atoms with Crippen LogP contribution >= 0.6 is 0 Å². The van der Waals surface area contributed by atoms with Crippen molar-refractivity contribution >= 4 is 0 Å². The summed E-state index contributed by atoms with van der Waals surface area (Å²) >= 11 is 0. The van der Waals surface area contributed by atoms with Gasteiger partial charge in [0.25, 0.3) is 0 Å². The van der Waals surface area contributed by atoms with E-state index in [1.165, 1.54) is 12.1 Å². The Kier molecular flexibility index (Phi) is 3.01. The number of pyridine rings is 1. The lowest BCUT2D eigenvalue weighted by Gasteiger charge is -2.11. The second kappa shape index (κ2) is 4.47. The third-order valence-corrected chi connectivity index (χ3v) is 2.32. The second-order valence-electron chi connectivity index (χ2n) is 3.51. The number of aliphatic hydroxyl groups excluding tert-OH is 1. The molecule has 2 rings (SSSR count). The number of rotatable bonds is 2. The van der Waals surface area contributed by atoms with E-state index in [1.54, 1.807) is 0 Å². The van der Waals surface area contributed by atoms with E-state index >= 15 is 0 Å². The molecule has 5 heteroatoms. The molecule has 0 aliphatic heterocycles. The number of benzene rings is 1. The molecule has 0 aliphatic carbocycles. The first-order valence-corrected chi connectivity index (χ1v) is 4.86. The molecule has 0 bridgehead atoms. The summed E-state index contributed by atoms with van der Waals surface area (Å²) in [5.41, 5.74) is 0.291. The van der Waals surface area contributed by atoms with Crippen LogP contribution in [0.2, 0.25) is 0 Å². The van der Waals surface area contributed by atoms with Gasteiger partial charge in [0, 0.05) is 11.6 Å². The van der Waals surface area contributed by atoms with Gasteiger partial charge in [0.05, 0.1) is 11.9 Å². The van der Waals surface area contributed by atoms with Gasteiger partial charge in [-0.3, -0.25) is 4.98 Å². The lowest BCUT2D eigenvalue weighted by atomic mass is 10.0. The molecule has 0 saturated carbocycles. The van der Waals surface area contributed by atoms with Gasteiger partial charge in [-0.25, -0.2) is 8.78 Å². The molecule has 1 unspecified atom stereocenters. The minimum atomic E-state index is -1.23. The fourth-order valence-electron chi connectivity index (χ4n) is 1.46. The summed E-state index contributed by atoms with van der Waals surface area (Å²) in [6.45, 7) is 0. The lowest BCUT2D eigenvalue weighted by molar-refractivity contribution is 0.210. The van der Waals surface area contributed by atoms with Gasteiger partial charge in [-0.1, -0.05) is 0 Å². The maximum absolute atomic E-state index is 12.8. The summed E-state index contributed by atoms with van der Waals surface area (Å²) in [6, 6.07) is 5.69. The van der Waals surface area contributed by atoms with Crippen molar-refractivity contribution in [1.29, 1.82) is 0 Å². The summed E-state index contributed by atoms with van der Waals surface area (Å²) in [7, 11) is 0. The predicted octanol–water partition coefficient (Wildman–Crippen LogP) is 2.15. The van der Waals surface area contributed by atoms with Gasteiger partial charge >= 0.3 is 0 Å². The Morgan fingerprint density at radius 1 is 1.06 bits per heavy atom. The van der Waals surface area contributed by atoms with Crippen LogP contribution in [0.25, 0.3) is 0 Å². The van der Waals surface area contributed by atoms with Gasteiger partial charge in [0.1, 0.15) is 23.5 Å². The molecule has 0 fully saturated rings. The monoisotopic (exact) mass is 237 g/mol. The molecular formula is C12H9F2NO2. The minimum Gasteiger partial charge on any atom is -0.507 e. The molecule has 1 aromatic carbocycles. The fourth-order valence-corrected chi connectivity index (χ4v) is 1.46. The first-order chi connectivity index (χ1) is 8.08. The number of phenols is 1. The van der Waals surface area contributed by atoms with Gasteiger partial charge in [0.2, 0.25) is 0 Å². The molecule has 17 heavy (non-hydrogen) atoms. The molecule has 0 saturated heterocycles. The Morgan fingerprint density at radius 2 is 1.76 bits per heavy atom. The maximum atomic E-state index is 12.8. The van der Waals surface area contributed by atoms with Crippen LogP contribution in [0.5, 0.6) is 5.75 Å². The van der Waals surface area contributed by atoms with Crippen LogP contribution in [0.4, 0.5) is 8.78 Å². The van der Waals surface area contributed by atoms with Crippen molar-refractivity contribution in [2.75, 3.05) is 0 Å². The van der Waals surface area contributed by atoms with Crippen molar-refractivity contribution in [3.63, 3.8) is 0 Å². The van der Waals surface area contributed by atoms with Crippen molar-refractivity contribution in [2.24, 2.45) is 0 Å². The number of hydrogen-bond acceptors (Lipinski definition) is 3. The zero-order valence-corrected chi connectivity index (χ0v) is 8.64. The highest BCUT2D eigenvalue weighted by Gasteiger charge is 2.16. The largest absolute Gasteiger partial charge is 0.507 e. The summed E-state index contributed by atoms with van der Waals surface area (Å²) in [5, 5.41) is 19.4. The zero-order valence-electron chi connectivity index (χ0n) is 8.64. The highest BCUT2D eigenvalue weighted by Crippen LogP contribution is 2.28. The Balaban J connectivity index is 2.36. The number of aliphatic hydroxyl groups is 1. The number of aromatic hydroxyl groups is 1. The van der Waals surface area contributed by atoms with E-state index in [1.807, 2.05) is 0 Å². The molecular weight excluding hydrogens is 228 g/mol. The van der Waals surface area contributed by atoms with Crippen LogP contribution in [0.15, 0.2) is 36.5 Å². The Labute approximate surface area is 96.0 Å². The van der Waals surface area contributed by atoms with Crippen LogP contribution in [0.1, 0.15) is 17.4 Å². The number of hydrogen-bond donors (Lipinski definition) is 2. The smallest absolute Gasteiger partial charge is 0.141 e. The highest BCUT2D eigenvalue weighted by atomic mass is 19.1. The highest BCUT2D eigenvalue weighted by molar-refractivity contribution is 5.37. The molecule has 0 radical (unpaired) electrons. The molecule has 0 aliphatic rings. The molecule has 1 aromatic heterocycles. The van der Waals surface area contributed by atoms with Crippen LogP contribution in [-0.2, 0) is 0 Å². The van der Waals surface area contributed by atoms with Gasteiger partial charge in [-0.05, 0) is 24.3 Å². The SMILES string of the molecule is Oc1cc(F)ccc1C(O)c1ccc(F)cn1. The van der Waals surface area contributed by atoms with Crippen LogP contribution in [0, 0.1) is 11.6 Å². The molecule has 2 aromatic rings. The lowest BCUT2D eigenvalue weighted by Crippen LogP contribution is -2.03. The predicted molar refractivity (Wildman–Crippen MR) is 56.3 cm³/mol. The van der Waals surface area contributed by atoms with E-state index in [9.17, 15) is 19.0 Å². The Hall–Kier alpha value is -2.01. The normalized spacial score (nSPS) is 12.4. The van der Waals surface area contributed by atoms with Gasteiger partial charge in [0.15, 0.2) is 0 Å². The fraction of sp³-hybridized carbons (Fsp3) is 0.0833. The number of phenolic OH excluding ortho intramolecular Hbond substituents is 1. The average molecular weight is 237 g/mol. The first-order valence-electron chi connectivity index (χ1n) is 4.86. The summed E-state index contributed by atoms with van der Waals surface area (Å²) in [5.74, 6) is -1.50. The molecule has 1 atom stereocenters. The molecule has 3 nitrogen and oxygen atoms in total. The molecule has 0 spiro atoms. The van der Waals surface area contributed by atoms with Crippen LogP contribution in [0.3, 0.4) is 0 Å². The molecule has 1 heterocycles. The van der Waals surface area contributed by atoms with Crippen molar-refractivity contribution in [3.05, 3.63) is 59.4 Å². The van der Waals surface area contributed by atoms with E-state index in [2.05, 4.69) is 4.98 Å². The average Bonchev–Trinajstić information content (AvgIpc) is 2.29. The van der Waals surface area contributed by atoms with Crippen molar-refractivity contribution in [3.8, 4) is 5.75 Å². The number of nitrogens with zero attached hydrogens (tertiary/aromatic N) is 1. The third-order valence-electron chi connectivity index (χ3n) is 2.32. The van der Waals surface area contributed by atoms with E-state index in [0.717, 1.165) is 24.4 Å². The number of halogens is 2. The summed E-state index contributed by atoms with van der Waals surface area (Å²) < 4.78 is 25.4. The topological polar surface area (TPSA) is 53.4 Å². The van der Waals surface area contributed by atoms with Gasteiger partial charge in [-0.2, -0.15) is 0 Å². The maximum Gasteiger partial charge on any atom is 0.141 e. The van der Waals surface area contributed by atoms with Gasteiger partial charge < -0.3 is 10.2 Å². The van der Waals surface area contributed by atoms with Crippen molar-refractivity contribution in [1.82, 2.24) is 4.98 Å².